The number of rotatable bonds is 8. The van der Waals surface area contributed by atoms with Gasteiger partial charge in [0.15, 0.2) is 22.4 Å². The molecule has 0 bridgehead atoms. The first-order valence-electron chi connectivity index (χ1n) is 10.5. The third kappa shape index (κ3) is 4.76. The second-order valence-electron chi connectivity index (χ2n) is 7.72. The number of benzene rings is 1. The van der Waals surface area contributed by atoms with E-state index in [-0.39, 0.29) is 24.2 Å². The van der Waals surface area contributed by atoms with Gasteiger partial charge in [-0.2, -0.15) is 0 Å². The van der Waals surface area contributed by atoms with Crippen LogP contribution in [0, 0.1) is 0 Å². The van der Waals surface area contributed by atoms with E-state index in [1.54, 1.807) is 12.1 Å². The Kier molecular flexibility index (Phi) is 6.60. The summed E-state index contributed by atoms with van der Waals surface area (Å²) < 4.78 is 12.8. The summed E-state index contributed by atoms with van der Waals surface area (Å²) in [6.07, 6.45) is 7.77. The number of aromatic nitrogens is 3. The molecule has 0 saturated heterocycles. The lowest BCUT2D eigenvalue weighted by atomic mass is 9.89. The number of amides is 1. The largest absolute Gasteiger partial charge is 0.454 e. The summed E-state index contributed by atoms with van der Waals surface area (Å²) >= 11 is 1.33. The molecule has 0 unspecified atom stereocenters. The molecule has 0 spiro atoms. The van der Waals surface area contributed by atoms with Crippen LogP contribution < -0.4 is 14.8 Å². The number of thioether (sulfide) groups is 1. The zero-order valence-electron chi connectivity index (χ0n) is 17.6. The maximum Gasteiger partial charge on any atom is 0.234 e. The van der Waals surface area contributed by atoms with Gasteiger partial charge in [-0.15, -0.1) is 16.8 Å². The van der Waals surface area contributed by atoms with E-state index in [1.165, 1.54) is 37.9 Å². The Bertz CT molecular complexity index is 998. The minimum atomic E-state index is -0.237. The fourth-order valence-corrected chi connectivity index (χ4v) is 4.78. The summed E-state index contributed by atoms with van der Waals surface area (Å²) in [4.78, 5) is 24.7. The van der Waals surface area contributed by atoms with E-state index in [9.17, 15) is 9.59 Å². The molecule has 2 aliphatic rings. The molecule has 8 nitrogen and oxygen atoms in total. The molecule has 1 saturated carbocycles. The number of ether oxygens (including phenoxy) is 2. The average Bonchev–Trinajstić information content (AvgIpc) is 3.39. The molecule has 31 heavy (non-hydrogen) atoms. The fourth-order valence-electron chi connectivity index (χ4n) is 4.02. The highest BCUT2D eigenvalue weighted by Gasteiger charge is 2.24. The molecule has 0 radical (unpaired) electrons. The minimum Gasteiger partial charge on any atom is -0.454 e. The molecule has 164 valence electrons. The Labute approximate surface area is 185 Å². The van der Waals surface area contributed by atoms with E-state index in [1.807, 2.05) is 6.08 Å². The third-order valence-electron chi connectivity index (χ3n) is 5.53. The number of carbonyl (C=O) groups is 2. The smallest absolute Gasteiger partial charge is 0.234 e. The van der Waals surface area contributed by atoms with Crippen molar-refractivity contribution in [2.75, 3.05) is 17.9 Å². The van der Waals surface area contributed by atoms with Crippen LogP contribution in [0.15, 0.2) is 29.9 Å². The van der Waals surface area contributed by atoms with Crippen LogP contribution in [0.25, 0.3) is 0 Å². The van der Waals surface area contributed by atoms with Crippen LogP contribution in [0.3, 0.4) is 0 Å². The van der Waals surface area contributed by atoms with Crippen LogP contribution in [0.1, 0.15) is 61.1 Å². The van der Waals surface area contributed by atoms with Crippen molar-refractivity contribution in [1.82, 2.24) is 14.8 Å². The second-order valence-corrected chi connectivity index (χ2v) is 8.66. The highest BCUT2D eigenvalue weighted by atomic mass is 32.2. The molecular formula is C22H26N4O4S. The monoisotopic (exact) mass is 442 g/mol. The molecule has 0 atom stereocenters. The number of fused-ring (bicyclic) bond motifs is 1. The first-order chi connectivity index (χ1) is 15.1. The fraction of sp³-hybridized carbons (Fsp3) is 0.455. The Hall–Kier alpha value is -2.81. The minimum absolute atomic E-state index is 0.0994. The van der Waals surface area contributed by atoms with Gasteiger partial charge in [0.1, 0.15) is 5.82 Å². The second kappa shape index (κ2) is 9.55. The maximum absolute atomic E-state index is 12.6. The van der Waals surface area contributed by atoms with Gasteiger partial charge in [0.2, 0.25) is 12.7 Å². The topological polar surface area (TPSA) is 95.3 Å². The summed E-state index contributed by atoms with van der Waals surface area (Å²) in [7, 11) is 0. The van der Waals surface area contributed by atoms with E-state index in [0.29, 0.717) is 40.4 Å². The zero-order valence-corrected chi connectivity index (χ0v) is 18.4. The maximum atomic E-state index is 12.6. The number of ketones is 1. The normalized spacial score (nSPS) is 15.6. The molecule has 1 aromatic heterocycles. The number of nitrogens with one attached hydrogen (secondary N) is 1. The Morgan fingerprint density at radius 1 is 1.23 bits per heavy atom. The van der Waals surface area contributed by atoms with E-state index in [0.717, 1.165) is 18.7 Å². The lowest BCUT2D eigenvalue weighted by Gasteiger charge is -2.21. The lowest BCUT2D eigenvalue weighted by molar-refractivity contribution is -0.113. The molecule has 2 heterocycles. The van der Waals surface area contributed by atoms with E-state index in [4.69, 9.17) is 9.47 Å². The number of hydrogen-bond acceptors (Lipinski definition) is 7. The van der Waals surface area contributed by atoms with Gasteiger partial charge in [-0.1, -0.05) is 37.1 Å². The van der Waals surface area contributed by atoms with Gasteiger partial charge in [-0.3, -0.25) is 9.59 Å². The molecule has 9 heteroatoms. The van der Waals surface area contributed by atoms with Crippen LogP contribution in [0.2, 0.25) is 0 Å². The predicted octanol–water partition coefficient (Wildman–Crippen LogP) is 4.17. The summed E-state index contributed by atoms with van der Waals surface area (Å²) in [5, 5.41) is 12.3. The van der Waals surface area contributed by atoms with Crippen molar-refractivity contribution in [3.05, 3.63) is 36.2 Å². The van der Waals surface area contributed by atoms with Crippen LogP contribution in [-0.2, 0) is 11.3 Å². The molecule has 1 aliphatic heterocycles. The van der Waals surface area contributed by atoms with E-state index < -0.39 is 0 Å². The average molecular weight is 443 g/mol. The predicted molar refractivity (Wildman–Crippen MR) is 118 cm³/mol. The van der Waals surface area contributed by atoms with Crippen LogP contribution >= 0.6 is 11.8 Å². The van der Waals surface area contributed by atoms with Gasteiger partial charge in [0.05, 0.1) is 11.4 Å². The lowest BCUT2D eigenvalue weighted by Crippen LogP contribution is -2.17. The van der Waals surface area contributed by atoms with Gasteiger partial charge >= 0.3 is 0 Å². The summed E-state index contributed by atoms with van der Waals surface area (Å²) in [5.74, 6) is 2.16. The highest BCUT2D eigenvalue weighted by molar-refractivity contribution is 7.99. The van der Waals surface area contributed by atoms with Crippen molar-refractivity contribution in [2.45, 2.75) is 56.6 Å². The molecule has 1 aliphatic carbocycles. The third-order valence-corrected chi connectivity index (χ3v) is 6.49. The number of allylic oxidation sites excluding steroid dienone is 1. The quantitative estimate of drug-likeness (QED) is 0.372. The highest BCUT2D eigenvalue weighted by Crippen LogP contribution is 2.37. The van der Waals surface area contributed by atoms with Crippen LogP contribution in [0.5, 0.6) is 11.5 Å². The molecule has 2 aromatic rings. The van der Waals surface area contributed by atoms with Gasteiger partial charge in [-0.25, -0.2) is 0 Å². The summed E-state index contributed by atoms with van der Waals surface area (Å²) in [6.45, 7) is 6.01. The standard InChI is InChI=1S/C22H26N4O4S/c1-3-9-26-21(15-7-5-4-6-8-15)24-25-22(26)31-12-20(28)23-17-11-19-18(29-13-30-19)10-16(17)14(2)27/h3,10-11,15H,1,4-9,12-13H2,2H3,(H,23,28). The molecular weight excluding hydrogens is 416 g/mol. The van der Waals surface area contributed by atoms with Crippen molar-refractivity contribution in [2.24, 2.45) is 0 Å². The number of carbonyl (C=O) groups excluding carboxylic acids is 2. The van der Waals surface area contributed by atoms with Crippen molar-refractivity contribution in [3.8, 4) is 11.5 Å². The molecule has 1 amide bonds. The first-order valence-corrected chi connectivity index (χ1v) is 11.5. The van der Waals surface area contributed by atoms with E-state index >= 15 is 0 Å². The summed E-state index contributed by atoms with van der Waals surface area (Å²) in [5.41, 5.74) is 0.801. The van der Waals surface area contributed by atoms with Gasteiger partial charge in [0.25, 0.3) is 0 Å². The van der Waals surface area contributed by atoms with Crippen LogP contribution in [-0.4, -0.2) is 39.0 Å². The molecule has 1 aromatic carbocycles. The van der Waals surface area contributed by atoms with Gasteiger partial charge < -0.3 is 19.4 Å². The Morgan fingerprint density at radius 2 is 1.97 bits per heavy atom. The molecule has 4 rings (SSSR count). The number of hydrogen-bond donors (Lipinski definition) is 1. The van der Waals surface area contributed by atoms with E-state index in [2.05, 4.69) is 26.7 Å². The van der Waals surface area contributed by atoms with Gasteiger partial charge in [0, 0.05) is 24.1 Å². The Morgan fingerprint density at radius 3 is 2.68 bits per heavy atom. The van der Waals surface area contributed by atoms with Gasteiger partial charge in [-0.05, 0) is 25.8 Å². The summed E-state index contributed by atoms with van der Waals surface area (Å²) in [6, 6.07) is 3.23. The van der Waals surface area contributed by atoms with Crippen molar-refractivity contribution >= 4 is 29.1 Å². The molecule has 1 N–H and O–H groups in total. The number of Topliss-reactive ketones (excluding diaryl/α,β-unsaturated/α-hetero) is 1. The van der Waals surface area contributed by atoms with Crippen LogP contribution in [0.4, 0.5) is 5.69 Å². The molecule has 1 fully saturated rings. The SMILES string of the molecule is C=CCn1c(SCC(=O)Nc2cc3c(cc2C(C)=O)OCO3)nnc1C1CCCCC1. The number of nitrogens with zero attached hydrogens (tertiary/aromatic N) is 3. The Balaban J connectivity index is 1.45. The van der Waals surface area contributed by atoms with Crippen molar-refractivity contribution in [3.63, 3.8) is 0 Å². The van der Waals surface area contributed by atoms with Crippen molar-refractivity contribution < 1.29 is 19.1 Å². The number of anilines is 1. The van der Waals surface area contributed by atoms with Crippen molar-refractivity contribution in [1.29, 1.82) is 0 Å². The zero-order chi connectivity index (χ0) is 21.8. The first kappa shape index (κ1) is 21.4.